The molecule has 0 aromatic rings. The molecule has 0 radical (unpaired) electrons. The van der Waals surface area contributed by atoms with Gasteiger partial charge in [0.05, 0.1) is 0 Å². The molecule has 0 aliphatic rings. The molecule has 12 heavy (non-hydrogen) atoms. The van der Waals surface area contributed by atoms with E-state index in [0.717, 1.165) is 0 Å². The predicted octanol–water partition coefficient (Wildman–Crippen LogP) is 1.33. The van der Waals surface area contributed by atoms with Crippen molar-refractivity contribution in [2.75, 3.05) is 0 Å². The normalized spacial score (nSPS) is 12.5. The van der Waals surface area contributed by atoms with E-state index in [1.54, 1.807) is 33.8 Å². The summed E-state index contributed by atoms with van der Waals surface area (Å²) in [4.78, 5) is 11.0. The quantitative estimate of drug-likeness (QED) is 0.627. The number of hydrogen-bond donors (Lipinski definition) is 2. The Bertz CT molecular complexity index is 192. The molecule has 0 heterocycles. The smallest absolute Gasteiger partial charge is 0.413 e. The molecule has 0 spiro atoms. The molecule has 0 aromatic carbocycles. The first-order chi connectivity index (χ1) is 5.35. The fourth-order valence-electron chi connectivity index (χ4n) is 0.494. The monoisotopic (exact) mass is 172 g/mol. The van der Waals surface area contributed by atoms with Gasteiger partial charge in [0.1, 0.15) is 11.4 Å². The number of ether oxygens (including phenoxy) is 1. The molecule has 3 N–H and O–H groups in total. The molecule has 4 heteroatoms. The number of nitrogens with one attached hydrogen (secondary N) is 1. The summed E-state index contributed by atoms with van der Waals surface area (Å²) in [5.41, 5.74) is 4.85. The largest absolute Gasteiger partial charge is 0.444 e. The molecule has 0 unspecified atom stereocenters. The van der Waals surface area contributed by atoms with Crippen LogP contribution in [0.25, 0.3) is 0 Å². The fraction of sp³-hybridized carbons (Fsp3) is 0.625. The standard InChI is InChI=1S/C8H16N2O2/c1-5-6(9)10-7(11)12-8(2,3)4/h5H,9H2,1-4H3,(H,10,11). The lowest BCUT2D eigenvalue weighted by Crippen LogP contribution is -2.34. The second-order valence-electron chi connectivity index (χ2n) is 3.37. The molecular formula is C8H16N2O2. The summed E-state index contributed by atoms with van der Waals surface area (Å²) in [6.45, 7) is 7.10. The maximum absolute atomic E-state index is 11.0. The van der Waals surface area contributed by atoms with Crippen LogP contribution in [-0.4, -0.2) is 11.7 Å². The van der Waals surface area contributed by atoms with E-state index in [9.17, 15) is 4.79 Å². The van der Waals surface area contributed by atoms with Crippen LogP contribution in [-0.2, 0) is 4.74 Å². The van der Waals surface area contributed by atoms with Crippen LogP contribution in [0, 0.1) is 0 Å². The number of carbonyl (C=O) groups is 1. The van der Waals surface area contributed by atoms with Gasteiger partial charge < -0.3 is 10.5 Å². The van der Waals surface area contributed by atoms with Crippen LogP contribution in [0.2, 0.25) is 0 Å². The lowest BCUT2D eigenvalue weighted by molar-refractivity contribution is 0.0545. The van der Waals surface area contributed by atoms with Crippen molar-refractivity contribution < 1.29 is 9.53 Å². The second-order valence-corrected chi connectivity index (χ2v) is 3.37. The number of nitrogens with two attached hydrogens (primary N) is 1. The summed E-state index contributed by atoms with van der Waals surface area (Å²) in [6, 6.07) is 0. The molecule has 0 aliphatic carbocycles. The summed E-state index contributed by atoms with van der Waals surface area (Å²) in [6.07, 6.45) is 1.06. The highest BCUT2D eigenvalue weighted by Gasteiger charge is 2.15. The first kappa shape index (κ1) is 10.8. The van der Waals surface area contributed by atoms with E-state index in [4.69, 9.17) is 10.5 Å². The van der Waals surface area contributed by atoms with E-state index < -0.39 is 11.7 Å². The fourth-order valence-corrected chi connectivity index (χ4v) is 0.494. The van der Waals surface area contributed by atoms with Gasteiger partial charge in [-0.3, -0.25) is 5.32 Å². The lowest BCUT2D eigenvalue weighted by atomic mass is 10.2. The van der Waals surface area contributed by atoms with Gasteiger partial charge in [-0.2, -0.15) is 0 Å². The molecule has 4 nitrogen and oxygen atoms in total. The number of allylic oxidation sites excluding steroid dienone is 1. The predicted molar refractivity (Wildman–Crippen MR) is 47.3 cm³/mol. The van der Waals surface area contributed by atoms with Gasteiger partial charge in [-0.1, -0.05) is 0 Å². The van der Waals surface area contributed by atoms with Gasteiger partial charge in [-0.25, -0.2) is 4.79 Å². The molecule has 0 atom stereocenters. The second kappa shape index (κ2) is 3.99. The summed E-state index contributed by atoms with van der Waals surface area (Å²) in [7, 11) is 0. The Morgan fingerprint density at radius 3 is 2.33 bits per heavy atom. The minimum Gasteiger partial charge on any atom is -0.444 e. The van der Waals surface area contributed by atoms with Crippen LogP contribution in [0.5, 0.6) is 0 Å². The maximum atomic E-state index is 11.0. The van der Waals surface area contributed by atoms with Crippen LogP contribution in [0.4, 0.5) is 4.79 Å². The summed E-state index contributed by atoms with van der Waals surface area (Å²) in [5, 5.41) is 2.36. The van der Waals surface area contributed by atoms with E-state index in [2.05, 4.69) is 5.32 Å². The van der Waals surface area contributed by atoms with Crippen molar-refractivity contribution >= 4 is 6.09 Å². The molecule has 1 amide bonds. The molecule has 0 aromatic heterocycles. The van der Waals surface area contributed by atoms with Gasteiger partial charge in [0.25, 0.3) is 0 Å². The van der Waals surface area contributed by atoms with Crippen LogP contribution in [0.3, 0.4) is 0 Å². The van der Waals surface area contributed by atoms with Gasteiger partial charge in [0.2, 0.25) is 0 Å². The van der Waals surface area contributed by atoms with Gasteiger partial charge in [0.15, 0.2) is 0 Å². The minimum absolute atomic E-state index is 0.296. The Morgan fingerprint density at radius 1 is 1.50 bits per heavy atom. The topological polar surface area (TPSA) is 64.3 Å². The molecule has 0 rings (SSSR count). The molecule has 0 fully saturated rings. The molecular weight excluding hydrogens is 156 g/mol. The zero-order valence-corrected chi connectivity index (χ0v) is 7.97. The van der Waals surface area contributed by atoms with Gasteiger partial charge in [-0.05, 0) is 33.8 Å². The number of amides is 1. The van der Waals surface area contributed by atoms with Crippen LogP contribution >= 0.6 is 0 Å². The van der Waals surface area contributed by atoms with Crippen LogP contribution in [0.15, 0.2) is 11.9 Å². The summed E-state index contributed by atoms with van der Waals surface area (Å²) >= 11 is 0. The Hall–Kier alpha value is -1.19. The zero-order chi connectivity index (χ0) is 9.78. The molecule has 0 saturated heterocycles. The minimum atomic E-state index is -0.530. The molecule has 70 valence electrons. The van der Waals surface area contributed by atoms with Crippen LogP contribution in [0.1, 0.15) is 27.7 Å². The Morgan fingerprint density at radius 2 is 2.00 bits per heavy atom. The highest BCUT2D eigenvalue weighted by Crippen LogP contribution is 2.06. The van der Waals surface area contributed by atoms with Gasteiger partial charge in [0, 0.05) is 0 Å². The van der Waals surface area contributed by atoms with E-state index in [1.807, 2.05) is 0 Å². The first-order valence-electron chi connectivity index (χ1n) is 3.77. The van der Waals surface area contributed by atoms with Crippen molar-refractivity contribution in [1.82, 2.24) is 5.32 Å². The third-order valence-electron chi connectivity index (χ3n) is 0.956. The van der Waals surface area contributed by atoms with Crippen molar-refractivity contribution in [3.8, 4) is 0 Å². The first-order valence-corrected chi connectivity index (χ1v) is 3.77. The van der Waals surface area contributed by atoms with Crippen molar-refractivity contribution in [2.45, 2.75) is 33.3 Å². The third kappa shape index (κ3) is 5.58. The SMILES string of the molecule is CC=C(N)NC(=O)OC(C)(C)C. The zero-order valence-electron chi connectivity index (χ0n) is 7.97. The Kier molecular flexibility index (Phi) is 3.60. The number of carbonyl (C=O) groups excluding carboxylic acids is 1. The van der Waals surface area contributed by atoms with Crippen molar-refractivity contribution in [3.05, 3.63) is 11.9 Å². The van der Waals surface area contributed by atoms with Crippen molar-refractivity contribution in [3.63, 3.8) is 0 Å². The van der Waals surface area contributed by atoms with Gasteiger partial charge in [-0.15, -0.1) is 0 Å². The number of rotatable bonds is 1. The maximum Gasteiger partial charge on any atom is 0.413 e. The molecule has 0 saturated carbocycles. The summed E-state index contributed by atoms with van der Waals surface area (Å²) in [5.74, 6) is 0.296. The lowest BCUT2D eigenvalue weighted by Gasteiger charge is -2.19. The van der Waals surface area contributed by atoms with Gasteiger partial charge >= 0.3 is 6.09 Å². The molecule has 0 aliphatic heterocycles. The van der Waals surface area contributed by atoms with Crippen molar-refractivity contribution in [1.29, 1.82) is 0 Å². The van der Waals surface area contributed by atoms with E-state index >= 15 is 0 Å². The third-order valence-corrected chi connectivity index (χ3v) is 0.956. The number of alkyl carbamates (subject to hydrolysis) is 1. The van der Waals surface area contributed by atoms with Crippen LogP contribution < -0.4 is 11.1 Å². The highest BCUT2D eigenvalue weighted by atomic mass is 16.6. The van der Waals surface area contributed by atoms with E-state index in [1.165, 1.54) is 0 Å². The average molecular weight is 172 g/mol. The average Bonchev–Trinajstić information content (AvgIpc) is 1.82. The Labute approximate surface area is 72.8 Å². The summed E-state index contributed by atoms with van der Waals surface area (Å²) < 4.78 is 4.94. The van der Waals surface area contributed by atoms with E-state index in [-0.39, 0.29) is 0 Å². The Balaban J connectivity index is 3.92. The highest BCUT2D eigenvalue weighted by molar-refractivity contribution is 5.69. The van der Waals surface area contributed by atoms with Crippen molar-refractivity contribution in [2.24, 2.45) is 5.73 Å². The number of hydrogen-bond acceptors (Lipinski definition) is 3. The molecule has 0 bridgehead atoms. The van der Waals surface area contributed by atoms with E-state index in [0.29, 0.717) is 5.82 Å².